The molecule has 3 aromatic carbocycles. The van der Waals surface area contributed by atoms with Crippen LogP contribution in [0, 0.1) is 6.92 Å². The lowest BCUT2D eigenvalue weighted by molar-refractivity contribution is 0.174. The van der Waals surface area contributed by atoms with Gasteiger partial charge in [-0.05, 0) is 91.1 Å². The minimum Gasteiger partial charge on any atom is -0.494 e. The van der Waals surface area contributed by atoms with E-state index in [1.807, 2.05) is 85.5 Å². The van der Waals surface area contributed by atoms with Crippen LogP contribution in [0.15, 0.2) is 71.5 Å². The average Bonchev–Trinajstić information content (AvgIpc) is 3.33. The van der Waals surface area contributed by atoms with E-state index in [9.17, 15) is 4.79 Å². The Morgan fingerprint density at radius 1 is 1.03 bits per heavy atom. The van der Waals surface area contributed by atoms with Gasteiger partial charge < -0.3 is 29.4 Å². The molecular formula is C28H27N3O4S. The second-order valence-electron chi connectivity index (χ2n) is 8.65. The van der Waals surface area contributed by atoms with Gasteiger partial charge in [0.25, 0.3) is 5.56 Å². The second kappa shape index (κ2) is 10.3. The van der Waals surface area contributed by atoms with Crippen LogP contribution >= 0.6 is 12.2 Å². The van der Waals surface area contributed by atoms with Crippen molar-refractivity contribution in [1.29, 1.82) is 0 Å². The summed E-state index contributed by atoms with van der Waals surface area (Å²) in [5, 5.41) is 4.78. The summed E-state index contributed by atoms with van der Waals surface area (Å²) >= 11 is 5.81. The van der Waals surface area contributed by atoms with Crippen molar-refractivity contribution in [3.05, 3.63) is 93.8 Å². The van der Waals surface area contributed by atoms with Gasteiger partial charge >= 0.3 is 0 Å². The van der Waals surface area contributed by atoms with E-state index in [1.54, 1.807) is 0 Å². The van der Waals surface area contributed by atoms with Gasteiger partial charge in [-0.25, -0.2) is 0 Å². The zero-order chi connectivity index (χ0) is 25.1. The van der Waals surface area contributed by atoms with Crippen LogP contribution in [-0.4, -0.2) is 28.4 Å². The predicted octanol–water partition coefficient (Wildman–Crippen LogP) is 5.36. The molecule has 0 saturated heterocycles. The molecule has 1 aliphatic heterocycles. The summed E-state index contributed by atoms with van der Waals surface area (Å²) in [6.07, 6.45) is 0. The molecule has 0 aliphatic carbocycles. The van der Waals surface area contributed by atoms with Crippen LogP contribution in [0.2, 0.25) is 0 Å². The van der Waals surface area contributed by atoms with Gasteiger partial charge in [-0.1, -0.05) is 18.2 Å². The highest BCUT2D eigenvalue weighted by Crippen LogP contribution is 2.33. The molecule has 4 aromatic rings. The molecule has 0 bridgehead atoms. The number of nitrogens with zero attached hydrogens (tertiary/aromatic N) is 1. The fourth-order valence-corrected chi connectivity index (χ4v) is 4.39. The number of aromatic amines is 1. The highest BCUT2D eigenvalue weighted by atomic mass is 32.1. The number of hydrogen-bond acceptors (Lipinski definition) is 5. The number of aryl methyl sites for hydroxylation is 1. The fourth-order valence-electron chi connectivity index (χ4n) is 4.15. The minimum atomic E-state index is -0.132. The van der Waals surface area contributed by atoms with E-state index in [4.69, 9.17) is 26.4 Å². The number of anilines is 1. The molecule has 0 saturated carbocycles. The molecule has 0 radical (unpaired) electrons. The third-order valence-electron chi connectivity index (χ3n) is 5.95. The topological polar surface area (TPSA) is 75.8 Å². The maximum Gasteiger partial charge on any atom is 0.253 e. The summed E-state index contributed by atoms with van der Waals surface area (Å²) in [6, 6.07) is 21.4. The normalized spacial score (nSPS) is 11.9. The smallest absolute Gasteiger partial charge is 0.253 e. The second-order valence-corrected chi connectivity index (χ2v) is 9.03. The molecule has 2 heterocycles. The molecular weight excluding hydrogens is 474 g/mol. The minimum absolute atomic E-state index is 0.132. The van der Waals surface area contributed by atoms with Crippen molar-refractivity contribution in [2.45, 2.75) is 26.9 Å². The number of H-pyrrole nitrogens is 1. The van der Waals surface area contributed by atoms with Gasteiger partial charge in [0.05, 0.1) is 13.2 Å². The largest absolute Gasteiger partial charge is 0.494 e. The molecule has 8 heteroatoms. The quantitative estimate of drug-likeness (QED) is 0.330. The molecule has 0 unspecified atom stereocenters. The molecule has 0 spiro atoms. The molecule has 0 atom stereocenters. The number of fused-ring (bicyclic) bond motifs is 2. The van der Waals surface area contributed by atoms with Crippen LogP contribution in [0.5, 0.6) is 17.2 Å². The maximum absolute atomic E-state index is 13.0. The summed E-state index contributed by atoms with van der Waals surface area (Å²) in [4.78, 5) is 17.9. The van der Waals surface area contributed by atoms with Crippen molar-refractivity contribution >= 4 is 33.9 Å². The molecule has 1 aromatic heterocycles. The SMILES string of the molecule is CCOc1ccc(NC(=S)N(Cc2ccc3c(c2)OCO3)Cc2cc3ccc(C)cc3[nH]c2=O)cc1. The maximum atomic E-state index is 13.0. The summed E-state index contributed by atoms with van der Waals surface area (Å²) in [7, 11) is 0. The highest BCUT2D eigenvalue weighted by Gasteiger charge is 2.18. The van der Waals surface area contributed by atoms with Gasteiger partial charge in [-0.3, -0.25) is 4.79 Å². The predicted molar refractivity (Wildman–Crippen MR) is 145 cm³/mol. The molecule has 2 N–H and O–H groups in total. The molecule has 7 nitrogen and oxygen atoms in total. The third kappa shape index (κ3) is 5.28. The Morgan fingerprint density at radius 2 is 1.83 bits per heavy atom. The summed E-state index contributed by atoms with van der Waals surface area (Å²) in [5.41, 5.74) is 4.23. The van der Waals surface area contributed by atoms with Gasteiger partial charge in [0.2, 0.25) is 6.79 Å². The number of rotatable bonds is 7. The van der Waals surface area contributed by atoms with Crippen molar-refractivity contribution in [2.24, 2.45) is 0 Å². The highest BCUT2D eigenvalue weighted by molar-refractivity contribution is 7.80. The molecule has 36 heavy (non-hydrogen) atoms. The Hall–Kier alpha value is -4.04. The van der Waals surface area contributed by atoms with Gasteiger partial charge in [0.1, 0.15) is 5.75 Å². The number of pyridine rings is 1. The van der Waals surface area contributed by atoms with E-state index >= 15 is 0 Å². The van der Waals surface area contributed by atoms with Gasteiger partial charge in [0, 0.05) is 23.3 Å². The Balaban J connectivity index is 1.42. The number of aromatic nitrogens is 1. The first kappa shape index (κ1) is 23.7. The van der Waals surface area contributed by atoms with E-state index in [2.05, 4.69) is 10.3 Å². The van der Waals surface area contributed by atoms with Crippen molar-refractivity contribution in [2.75, 3.05) is 18.7 Å². The summed E-state index contributed by atoms with van der Waals surface area (Å²) in [5.74, 6) is 2.22. The van der Waals surface area contributed by atoms with Crippen LogP contribution in [0.3, 0.4) is 0 Å². The zero-order valence-electron chi connectivity index (χ0n) is 20.2. The van der Waals surface area contributed by atoms with Gasteiger partial charge in [0.15, 0.2) is 16.6 Å². The van der Waals surface area contributed by atoms with Crippen molar-refractivity contribution < 1.29 is 14.2 Å². The summed E-state index contributed by atoms with van der Waals surface area (Å²) < 4.78 is 16.5. The van der Waals surface area contributed by atoms with Crippen LogP contribution in [0.25, 0.3) is 10.9 Å². The monoisotopic (exact) mass is 501 g/mol. The molecule has 0 fully saturated rings. The van der Waals surface area contributed by atoms with E-state index in [-0.39, 0.29) is 12.4 Å². The fraction of sp³-hybridized carbons (Fsp3) is 0.214. The Kier molecular flexibility index (Phi) is 6.77. The van der Waals surface area contributed by atoms with Crippen molar-refractivity contribution in [3.8, 4) is 17.2 Å². The summed E-state index contributed by atoms with van der Waals surface area (Å²) in [6.45, 7) is 5.58. The van der Waals surface area contributed by atoms with Crippen LogP contribution in [-0.2, 0) is 13.1 Å². The first-order chi connectivity index (χ1) is 17.5. The van der Waals surface area contributed by atoms with Gasteiger partial charge in [-0.15, -0.1) is 0 Å². The van der Waals surface area contributed by atoms with E-state index < -0.39 is 0 Å². The van der Waals surface area contributed by atoms with Crippen LogP contribution < -0.4 is 25.1 Å². The first-order valence-electron chi connectivity index (χ1n) is 11.8. The Labute approximate surface area is 214 Å². The lowest BCUT2D eigenvalue weighted by Gasteiger charge is -2.26. The Bertz CT molecular complexity index is 1470. The van der Waals surface area contributed by atoms with Crippen molar-refractivity contribution in [3.63, 3.8) is 0 Å². The number of thiocarbonyl (C=S) groups is 1. The lowest BCUT2D eigenvalue weighted by Crippen LogP contribution is -2.35. The number of benzene rings is 3. The molecule has 184 valence electrons. The number of hydrogen-bond donors (Lipinski definition) is 2. The third-order valence-corrected chi connectivity index (χ3v) is 6.31. The Morgan fingerprint density at radius 3 is 2.64 bits per heavy atom. The molecule has 0 amide bonds. The number of ether oxygens (including phenoxy) is 3. The van der Waals surface area contributed by atoms with E-state index in [1.165, 1.54) is 0 Å². The zero-order valence-corrected chi connectivity index (χ0v) is 21.0. The van der Waals surface area contributed by atoms with Gasteiger partial charge in [-0.2, -0.15) is 0 Å². The lowest BCUT2D eigenvalue weighted by atomic mass is 10.1. The van der Waals surface area contributed by atoms with Crippen molar-refractivity contribution in [1.82, 2.24) is 9.88 Å². The van der Waals surface area contributed by atoms with Crippen LogP contribution in [0.1, 0.15) is 23.6 Å². The van der Waals surface area contributed by atoms with Crippen LogP contribution in [0.4, 0.5) is 5.69 Å². The number of nitrogens with one attached hydrogen (secondary N) is 2. The van der Waals surface area contributed by atoms with E-state index in [0.29, 0.717) is 36.1 Å². The molecule has 1 aliphatic rings. The van der Waals surface area contributed by atoms with E-state index in [0.717, 1.165) is 39.2 Å². The average molecular weight is 502 g/mol. The molecule has 5 rings (SSSR count). The standard InChI is InChI=1S/C28H27N3O4S/c1-3-33-23-9-7-22(8-10-23)29-28(36)31(15-19-5-11-25-26(13-19)35-17-34-25)16-21-14-20-6-4-18(2)12-24(20)30-27(21)32/h4-14H,3,15-17H2,1-2H3,(H,29,36)(H,30,32). The first-order valence-corrected chi connectivity index (χ1v) is 12.2.